The average molecular weight is 425 g/mol. The van der Waals surface area contributed by atoms with Gasteiger partial charge in [-0.2, -0.15) is 0 Å². The third-order valence-corrected chi connectivity index (χ3v) is 6.86. The Morgan fingerprint density at radius 1 is 1.30 bits per heavy atom. The van der Waals surface area contributed by atoms with Crippen molar-refractivity contribution in [3.05, 3.63) is 27.1 Å². The SMILES string of the molecule is CCC1CCCC(NS(=O)(=O)c2ccc(Br)cc2Br)C1. The number of halogens is 2. The first-order valence-corrected chi connectivity index (χ1v) is 9.96. The molecular weight excluding hydrogens is 406 g/mol. The normalized spacial score (nSPS) is 23.8. The molecule has 0 amide bonds. The monoisotopic (exact) mass is 423 g/mol. The maximum atomic E-state index is 12.5. The molecule has 0 radical (unpaired) electrons. The minimum atomic E-state index is -3.46. The Balaban J connectivity index is 2.14. The van der Waals surface area contributed by atoms with Gasteiger partial charge in [-0.25, -0.2) is 13.1 Å². The van der Waals surface area contributed by atoms with E-state index in [1.807, 2.05) is 0 Å². The van der Waals surface area contributed by atoms with Crippen molar-refractivity contribution in [2.24, 2.45) is 5.92 Å². The molecule has 1 aromatic rings. The summed E-state index contributed by atoms with van der Waals surface area (Å²) < 4.78 is 29.2. The highest BCUT2D eigenvalue weighted by molar-refractivity contribution is 9.11. The Morgan fingerprint density at radius 3 is 2.70 bits per heavy atom. The Kier molecular flexibility index (Phi) is 5.68. The molecule has 2 atom stereocenters. The van der Waals surface area contributed by atoms with Gasteiger partial charge in [0.15, 0.2) is 0 Å². The molecule has 0 heterocycles. The first-order valence-electron chi connectivity index (χ1n) is 6.89. The molecule has 1 saturated carbocycles. The first-order chi connectivity index (χ1) is 9.42. The van der Waals surface area contributed by atoms with E-state index in [1.54, 1.807) is 18.2 Å². The fourth-order valence-corrected chi connectivity index (χ4v) is 5.77. The fraction of sp³-hybridized carbons (Fsp3) is 0.571. The molecular formula is C14H19Br2NO2S. The highest BCUT2D eigenvalue weighted by Crippen LogP contribution is 2.29. The van der Waals surface area contributed by atoms with Gasteiger partial charge in [-0.3, -0.25) is 0 Å². The van der Waals surface area contributed by atoms with Crippen molar-refractivity contribution in [1.82, 2.24) is 4.72 Å². The Bertz CT molecular complexity index is 575. The summed E-state index contributed by atoms with van der Waals surface area (Å²) in [6.45, 7) is 2.17. The van der Waals surface area contributed by atoms with Gasteiger partial charge in [0.25, 0.3) is 0 Å². The molecule has 1 aliphatic carbocycles. The molecule has 1 fully saturated rings. The number of rotatable bonds is 4. The second kappa shape index (κ2) is 6.90. The average Bonchev–Trinajstić information content (AvgIpc) is 2.37. The summed E-state index contributed by atoms with van der Waals surface area (Å²) in [6, 6.07) is 5.19. The quantitative estimate of drug-likeness (QED) is 0.775. The summed E-state index contributed by atoms with van der Waals surface area (Å²) >= 11 is 6.66. The maximum Gasteiger partial charge on any atom is 0.241 e. The van der Waals surface area contributed by atoms with E-state index in [4.69, 9.17) is 0 Å². The third kappa shape index (κ3) is 4.06. The third-order valence-electron chi connectivity index (χ3n) is 3.87. The number of benzene rings is 1. The van der Waals surface area contributed by atoms with Crippen LogP contribution >= 0.6 is 31.9 Å². The van der Waals surface area contributed by atoms with E-state index < -0.39 is 10.0 Å². The number of nitrogens with one attached hydrogen (secondary N) is 1. The van der Waals surface area contributed by atoms with Crippen molar-refractivity contribution < 1.29 is 8.42 Å². The molecule has 1 aromatic carbocycles. The van der Waals surface area contributed by atoms with Crippen LogP contribution in [0.15, 0.2) is 32.0 Å². The van der Waals surface area contributed by atoms with Gasteiger partial charge in [0, 0.05) is 15.0 Å². The smallest absolute Gasteiger partial charge is 0.208 e. The number of hydrogen-bond donors (Lipinski definition) is 1. The summed E-state index contributed by atoms with van der Waals surface area (Å²) in [7, 11) is -3.46. The van der Waals surface area contributed by atoms with Crippen molar-refractivity contribution in [3.8, 4) is 0 Å². The molecule has 0 spiro atoms. The van der Waals surface area contributed by atoms with Gasteiger partial charge in [-0.15, -0.1) is 0 Å². The lowest BCUT2D eigenvalue weighted by Crippen LogP contribution is -2.38. The van der Waals surface area contributed by atoms with Crippen LogP contribution in [0.3, 0.4) is 0 Å². The van der Waals surface area contributed by atoms with E-state index >= 15 is 0 Å². The molecule has 0 aromatic heterocycles. The Morgan fingerprint density at radius 2 is 2.05 bits per heavy atom. The van der Waals surface area contributed by atoms with Crippen LogP contribution < -0.4 is 4.72 Å². The van der Waals surface area contributed by atoms with E-state index in [0.29, 0.717) is 15.3 Å². The fourth-order valence-electron chi connectivity index (χ4n) is 2.74. The molecule has 112 valence electrons. The summed E-state index contributed by atoms with van der Waals surface area (Å²) in [5, 5.41) is 0. The van der Waals surface area contributed by atoms with Crippen LogP contribution in [-0.4, -0.2) is 14.5 Å². The van der Waals surface area contributed by atoms with Gasteiger partial charge in [-0.1, -0.05) is 42.1 Å². The zero-order chi connectivity index (χ0) is 14.8. The van der Waals surface area contributed by atoms with Gasteiger partial charge in [-0.05, 0) is 52.9 Å². The lowest BCUT2D eigenvalue weighted by molar-refractivity contribution is 0.301. The number of sulfonamides is 1. The van der Waals surface area contributed by atoms with Gasteiger partial charge in [0.05, 0.1) is 4.90 Å². The largest absolute Gasteiger partial charge is 0.241 e. The predicted octanol–water partition coefficient (Wildman–Crippen LogP) is 4.46. The lowest BCUT2D eigenvalue weighted by atomic mass is 9.85. The van der Waals surface area contributed by atoms with Crippen molar-refractivity contribution >= 4 is 41.9 Å². The number of hydrogen-bond acceptors (Lipinski definition) is 2. The van der Waals surface area contributed by atoms with Gasteiger partial charge in [0.1, 0.15) is 0 Å². The van der Waals surface area contributed by atoms with Crippen molar-refractivity contribution in [3.63, 3.8) is 0 Å². The summed E-state index contributed by atoms with van der Waals surface area (Å²) in [6.07, 6.45) is 5.33. The molecule has 20 heavy (non-hydrogen) atoms. The molecule has 0 aliphatic heterocycles. The minimum absolute atomic E-state index is 0.0641. The van der Waals surface area contributed by atoms with Crippen LogP contribution in [-0.2, 0) is 10.0 Å². The minimum Gasteiger partial charge on any atom is -0.208 e. The van der Waals surface area contributed by atoms with E-state index in [2.05, 4.69) is 43.5 Å². The topological polar surface area (TPSA) is 46.2 Å². The highest BCUT2D eigenvalue weighted by atomic mass is 79.9. The van der Waals surface area contributed by atoms with Gasteiger partial charge in [0.2, 0.25) is 10.0 Å². The summed E-state index contributed by atoms with van der Waals surface area (Å²) in [5.74, 6) is 0.643. The molecule has 1 aliphatic rings. The van der Waals surface area contributed by atoms with Crippen LogP contribution in [0.1, 0.15) is 39.0 Å². The van der Waals surface area contributed by atoms with Crippen LogP contribution in [0.4, 0.5) is 0 Å². The molecule has 3 nitrogen and oxygen atoms in total. The first kappa shape index (κ1) is 16.5. The lowest BCUT2D eigenvalue weighted by Gasteiger charge is -2.29. The Hall–Kier alpha value is 0.0900. The van der Waals surface area contributed by atoms with Crippen LogP contribution in [0.2, 0.25) is 0 Å². The van der Waals surface area contributed by atoms with Gasteiger partial charge < -0.3 is 0 Å². The zero-order valence-corrected chi connectivity index (χ0v) is 15.4. The molecule has 0 bridgehead atoms. The molecule has 2 unspecified atom stereocenters. The molecule has 6 heteroatoms. The highest BCUT2D eigenvalue weighted by Gasteiger charge is 2.26. The second-order valence-corrected chi connectivity index (χ2v) is 8.79. The van der Waals surface area contributed by atoms with Crippen molar-refractivity contribution in [1.29, 1.82) is 0 Å². The van der Waals surface area contributed by atoms with Crippen LogP contribution in [0.5, 0.6) is 0 Å². The molecule has 1 N–H and O–H groups in total. The molecule has 0 saturated heterocycles. The van der Waals surface area contributed by atoms with E-state index in [9.17, 15) is 8.42 Å². The summed E-state index contributed by atoms with van der Waals surface area (Å²) in [5.41, 5.74) is 0. The zero-order valence-electron chi connectivity index (χ0n) is 11.4. The van der Waals surface area contributed by atoms with E-state index in [-0.39, 0.29) is 6.04 Å². The van der Waals surface area contributed by atoms with Crippen molar-refractivity contribution in [2.45, 2.75) is 50.0 Å². The second-order valence-electron chi connectivity index (χ2n) is 5.33. The van der Waals surface area contributed by atoms with Crippen LogP contribution in [0.25, 0.3) is 0 Å². The predicted molar refractivity (Wildman–Crippen MR) is 88.2 cm³/mol. The van der Waals surface area contributed by atoms with Gasteiger partial charge >= 0.3 is 0 Å². The standard InChI is InChI=1S/C14H19Br2NO2S/c1-2-10-4-3-5-12(8-10)17-20(18,19)14-7-6-11(15)9-13(14)16/h6-7,9-10,12,17H,2-5,8H2,1H3. The molecule has 2 rings (SSSR count). The van der Waals surface area contributed by atoms with E-state index in [1.165, 1.54) is 6.42 Å². The Labute approximate surface area is 137 Å². The summed E-state index contributed by atoms with van der Waals surface area (Å²) in [4.78, 5) is 0.305. The van der Waals surface area contributed by atoms with Crippen LogP contribution in [0, 0.1) is 5.92 Å². The van der Waals surface area contributed by atoms with Crippen molar-refractivity contribution in [2.75, 3.05) is 0 Å². The maximum absolute atomic E-state index is 12.5. The van der Waals surface area contributed by atoms with E-state index in [0.717, 1.165) is 30.2 Å².